The third-order valence-corrected chi connectivity index (χ3v) is 2.76. The molecule has 0 unspecified atom stereocenters. The first kappa shape index (κ1) is 16.4. The maximum Gasteiger partial charge on any atom is 0.412 e. The van der Waals surface area contributed by atoms with Gasteiger partial charge in [-0.2, -0.15) is 0 Å². The normalized spacial score (nSPS) is 10.6. The fourth-order valence-corrected chi connectivity index (χ4v) is 1.77. The summed E-state index contributed by atoms with van der Waals surface area (Å²) >= 11 is 0. The Morgan fingerprint density at radius 3 is 2.80 bits per heavy atom. The van der Waals surface area contributed by atoms with Crippen LogP contribution < -0.4 is 5.32 Å². The van der Waals surface area contributed by atoms with Gasteiger partial charge in [-0.15, -0.1) is 0 Å². The standard InChI is InChI=1S/C14H22N2O4/c1-4-20-14(17)16-12-10-11(8-9-15-12)6-5-7-13(18-2)19-3/h8-10,13H,4-7H2,1-3H3,(H,15,16,17). The first-order valence-corrected chi connectivity index (χ1v) is 6.63. The van der Waals surface area contributed by atoms with E-state index >= 15 is 0 Å². The molecule has 0 spiro atoms. The molecule has 0 radical (unpaired) electrons. The Balaban J connectivity index is 2.45. The van der Waals surface area contributed by atoms with Crippen LogP contribution in [0.4, 0.5) is 10.6 Å². The molecule has 0 fully saturated rings. The molecule has 0 saturated carbocycles. The predicted octanol–water partition coefficient (Wildman–Crippen LogP) is 2.59. The highest BCUT2D eigenvalue weighted by Gasteiger charge is 2.06. The average Bonchev–Trinajstić information content (AvgIpc) is 2.44. The average molecular weight is 282 g/mol. The summed E-state index contributed by atoms with van der Waals surface area (Å²) in [6.07, 6.45) is 3.61. The lowest BCUT2D eigenvalue weighted by Gasteiger charge is -2.12. The van der Waals surface area contributed by atoms with Crippen LogP contribution in [-0.2, 0) is 20.6 Å². The van der Waals surface area contributed by atoms with Crippen molar-refractivity contribution >= 4 is 11.9 Å². The van der Waals surface area contributed by atoms with Crippen molar-refractivity contribution in [1.29, 1.82) is 0 Å². The van der Waals surface area contributed by atoms with Crippen molar-refractivity contribution in [1.82, 2.24) is 4.98 Å². The molecule has 0 saturated heterocycles. The van der Waals surface area contributed by atoms with E-state index in [2.05, 4.69) is 10.3 Å². The number of carbonyl (C=O) groups excluding carboxylic acids is 1. The first-order chi connectivity index (χ1) is 9.69. The van der Waals surface area contributed by atoms with E-state index in [0.29, 0.717) is 12.4 Å². The summed E-state index contributed by atoms with van der Waals surface area (Å²) in [5.41, 5.74) is 1.10. The second-order valence-electron chi connectivity index (χ2n) is 4.19. The maximum absolute atomic E-state index is 11.3. The molecule has 1 heterocycles. The van der Waals surface area contributed by atoms with Gasteiger partial charge in [-0.3, -0.25) is 5.32 Å². The fraction of sp³-hybridized carbons (Fsp3) is 0.571. The number of carbonyl (C=O) groups is 1. The summed E-state index contributed by atoms with van der Waals surface area (Å²) in [5.74, 6) is 0.496. The number of rotatable bonds is 8. The van der Waals surface area contributed by atoms with Crippen molar-refractivity contribution < 1.29 is 19.0 Å². The van der Waals surface area contributed by atoms with Gasteiger partial charge in [0.05, 0.1) is 6.61 Å². The Labute approximate surface area is 119 Å². The number of methoxy groups -OCH3 is 2. The summed E-state index contributed by atoms with van der Waals surface area (Å²) in [7, 11) is 3.25. The number of ether oxygens (including phenoxy) is 3. The molecule has 0 aliphatic heterocycles. The molecule has 1 aromatic rings. The van der Waals surface area contributed by atoms with Crippen LogP contribution in [0.5, 0.6) is 0 Å². The molecular weight excluding hydrogens is 260 g/mol. The van der Waals surface area contributed by atoms with Crippen LogP contribution in [0.3, 0.4) is 0 Å². The van der Waals surface area contributed by atoms with Crippen LogP contribution in [0.25, 0.3) is 0 Å². The highest BCUT2D eigenvalue weighted by Crippen LogP contribution is 2.12. The Hall–Kier alpha value is -1.66. The zero-order chi connectivity index (χ0) is 14.8. The number of nitrogens with one attached hydrogen (secondary N) is 1. The Morgan fingerprint density at radius 2 is 2.15 bits per heavy atom. The highest BCUT2D eigenvalue weighted by molar-refractivity contribution is 5.83. The predicted molar refractivity (Wildman–Crippen MR) is 75.6 cm³/mol. The second kappa shape index (κ2) is 9.28. The third-order valence-electron chi connectivity index (χ3n) is 2.76. The van der Waals surface area contributed by atoms with Crippen LogP contribution >= 0.6 is 0 Å². The van der Waals surface area contributed by atoms with Crippen molar-refractivity contribution in [2.75, 3.05) is 26.1 Å². The van der Waals surface area contributed by atoms with Gasteiger partial charge in [0.25, 0.3) is 0 Å². The topological polar surface area (TPSA) is 69.7 Å². The summed E-state index contributed by atoms with van der Waals surface area (Å²) in [5, 5.41) is 2.58. The molecule has 0 bridgehead atoms. The van der Waals surface area contributed by atoms with Gasteiger partial charge in [0.2, 0.25) is 0 Å². The molecule has 0 aliphatic rings. The van der Waals surface area contributed by atoms with Crippen LogP contribution in [-0.4, -0.2) is 38.2 Å². The van der Waals surface area contributed by atoms with Crippen LogP contribution in [0.2, 0.25) is 0 Å². The minimum Gasteiger partial charge on any atom is -0.450 e. The van der Waals surface area contributed by atoms with Crippen molar-refractivity contribution in [2.24, 2.45) is 0 Å². The molecule has 0 aromatic carbocycles. The van der Waals surface area contributed by atoms with E-state index in [9.17, 15) is 4.79 Å². The van der Waals surface area contributed by atoms with E-state index in [0.717, 1.165) is 24.8 Å². The smallest absolute Gasteiger partial charge is 0.412 e. The van der Waals surface area contributed by atoms with Crippen molar-refractivity contribution in [2.45, 2.75) is 32.5 Å². The fourth-order valence-electron chi connectivity index (χ4n) is 1.77. The van der Waals surface area contributed by atoms with Gasteiger partial charge < -0.3 is 14.2 Å². The molecular formula is C14H22N2O4. The van der Waals surface area contributed by atoms with Gasteiger partial charge in [-0.25, -0.2) is 9.78 Å². The van der Waals surface area contributed by atoms with Gasteiger partial charge in [-0.1, -0.05) is 0 Å². The molecule has 1 N–H and O–H groups in total. The summed E-state index contributed by atoms with van der Waals surface area (Å²) in [6, 6.07) is 3.76. The Bertz CT molecular complexity index is 408. The molecule has 0 atom stereocenters. The molecule has 1 aromatic heterocycles. The number of nitrogens with zero attached hydrogens (tertiary/aromatic N) is 1. The van der Waals surface area contributed by atoms with Crippen molar-refractivity contribution in [3.8, 4) is 0 Å². The van der Waals surface area contributed by atoms with Crippen LogP contribution in [0.1, 0.15) is 25.3 Å². The SMILES string of the molecule is CCOC(=O)Nc1cc(CCCC(OC)OC)ccn1. The van der Waals surface area contributed by atoms with Crippen LogP contribution in [0.15, 0.2) is 18.3 Å². The Kier molecular flexibility index (Phi) is 7.60. The van der Waals surface area contributed by atoms with Gasteiger partial charge >= 0.3 is 6.09 Å². The molecule has 1 amide bonds. The Morgan fingerprint density at radius 1 is 1.40 bits per heavy atom. The summed E-state index contributed by atoms with van der Waals surface area (Å²) in [4.78, 5) is 15.4. The summed E-state index contributed by atoms with van der Waals surface area (Å²) in [6.45, 7) is 2.09. The number of pyridine rings is 1. The number of anilines is 1. The van der Waals surface area contributed by atoms with E-state index in [1.165, 1.54) is 0 Å². The van der Waals surface area contributed by atoms with Gasteiger partial charge in [0.15, 0.2) is 6.29 Å². The highest BCUT2D eigenvalue weighted by atomic mass is 16.7. The molecule has 112 valence electrons. The lowest BCUT2D eigenvalue weighted by molar-refractivity contribution is -0.106. The number of aromatic nitrogens is 1. The number of hydrogen-bond donors (Lipinski definition) is 1. The minimum absolute atomic E-state index is 0.172. The third kappa shape index (κ3) is 5.99. The zero-order valence-corrected chi connectivity index (χ0v) is 12.2. The van der Waals surface area contributed by atoms with E-state index in [1.807, 2.05) is 12.1 Å². The monoisotopic (exact) mass is 282 g/mol. The molecule has 0 aliphatic carbocycles. The molecule has 6 heteroatoms. The quantitative estimate of drug-likeness (QED) is 0.742. The second-order valence-corrected chi connectivity index (χ2v) is 4.19. The number of hydrogen-bond acceptors (Lipinski definition) is 5. The molecule has 6 nitrogen and oxygen atoms in total. The largest absolute Gasteiger partial charge is 0.450 e. The molecule has 20 heavy (non-hydrogen) atoms. The van der Waals surface area contributed by atoms with Crippen LogP contribution in [0, 0.1) is 0 Å². The number of amides is 1. The summed E-state index contributed by atoms with van der Waals surface area (Å²) < 4.78 is 15.1. The van der Waals surface area contributed by atoms with E-state index in [4.69, 9.17) is 14.2 Å². The van der Waals surface area contributed by atoms with E-state index in [-0.39, 0.29) is 6.29 Å². The zero-order valence-electron chi connectivity index (χ0n) is 12.2. The maximum atomic E-state index is 11.3. The first-order valence-electron chi connectivity index (χ1n) is 6.63. The lowest BCUT2D eigenvalue weighted by Crippen LogP contribution is -2.14. The van der Waals surface area contributed by atoms with Gasteiger partial charge in [0, 0.05) is 20.4 Å². The minimum atomic E-state index is -0.490. The number of aryl methyl sites for hydroxylation is 1. The van der Waals surface area contributed by atoms with Crippen molar-refractivity contribution in [3.05, 3.63) is 23.9 Å². The van der Waals surface area contributed by atoms with E-state index < -0.39 is 6.09 Å². The van der Waals surface area contributed by atoms with E-state index in [1.54, 1.807) is 27.3 Å². The van der Waals surface area contributed by atoms with Crippen molar-refractivity contribution in [3.63, 3.8) is 0 Å². The molecule has 1 rings (SSSR count). The van der Waals surface area contributed by atoms with Gasteiger partial charge in [-0.05, 0) is 43.9 Å². The lowest BCUT2D eigenvalue weighted by atomic mass is 10.1. The van der Waals surface area contributed by atoms with Gasteiger partial charge in [0.1, 0.15) is 5.82 Å².